The lowest BCUT2D eigenvalue weighted by Gasteiger charge is -2.42. The van der Waals surface area contributed by atoms with Gasteiger partial charge < -0.3 is 9.80 Å². The first kappa shape index (κ1) is 18.3. The molecule has 4 fully saturated rings. The van der Waals surface area contributed by atoms with Gasteiger partial charge in [0.25, 0.3) is 0 Å². The fourth-order valence-corrected chi connectivity index (χ4v) is 5.33. The summed E-state index contributed by atoms with van der Waals surface area (Å²) in [5.41, 5.74) is 1.23. The lowest BCUT2D eigenvalue weighted by atomic mass is 9.93. The molecule has 28 heavy (non-hydrogen) atoms. The molecule has 1 aromatic rings. The summed E-state index contributed by atoms with van der Waals surface area (Å²) in [6, 6.07) is 2.83. The number of aromatic nitrogens is 2. The van der Waals surface area contributed by atoms with Gasteiger partial charge in [-0.15, -0.1) is 0 Å². The molecule has 0 bridgehead atoms. The number of hydrogen-bond acceptors (Lipinski definition) is 5. The third-order valence-corrected chi connectivity index (χ3v) is 7.19. The van der Waals surface area contributed by atoms with Crippen LogP contribution in [-0.2, 0) is 4.79 Å². The number of anilines is 1. The molecule has 152 valence electrons. The fourth-order valence-electron chi connectivity index (χ4n) is 5.33. The van der Waals surface area contributed by atoms with Crippen LogP contribution in [0.25, 0.3) is 0 Å². The molecule has 0 unspecified atom stereocenters. The monoisotopic (exact) mass is 383 g/mol. The van der Waals surface area contributed by atoms with Gasteiger partial charge in [-0.25, -0.2) is 9.97 Å². The number of carbonyl (C=O) groups is 1. The Bertz CT molecular complexity index is 692. The van der Waals surface area contributed by atoms with Crippen molar-refractivity contribution in [3.63, 3.8) is 0 Å². The summed E-state index contributed by atoms with van der Waals surface area (Å²) in [6.07, 6.45) is 11.3. The molecular formula is C22H33N5O. The van der Waals surface area contributed by atoms with E-state index in [9.17, 15) is 4.79 Å². The maximum Gasteiger partial charge on any atom is 0.226 e. The summed E-state index contributed by atoms with van der Waals surface area (Å²) < 4.78 is 0. The highest BCUT2D eigenvalue weighted by molar-refractivity contribution is 5.79. The third kappa shape index (κ3) is 3.88. The number of hydrogen-bond donors (Lipinski definition) is 0. The highest BCUT2D eigenvalue weighted by Crippen LogP contribution is 2.39. The standard InChI is InChI=1S/C22H33N5O/c28-22(26-9-1-2-10-26)18-4-3-11-27(15-18)19-7-12-25(13-8-19)21-14-20(17-5-6-17)23-16-24-21/h14,16-19H,1-13,15H2/t18-/m0/s1. The van der Waals surface area contributed by atoms with E-state index < -0.39 is 0 Å². The second kappa shape index (κ2) is 7.97. The second-order valence-corrected chi connectivity index (χ2v) is 9.16. The predicted molar refractivity (Wildman–Crippen MR) is 109 cm³/mol. The van der Waals surface area contributed by atoms with Crippen LogP contribution in [0.4, 0.5) is 5.82 Å². The van der Waals surface area contributed by atoms with Crippen LogP contribution in [0.3, 0.4) is 0 Å². The lowest BCUT2D eigenvalue weighted by Crippen LogP contribution is -2.51. The maximum atomic E-state index is 12.8. The van der Waals surface area contributed by atoms with E-state index in [1.165, 1.54) is 50.6 Å². The molecule has 4 heterocycles. The van der Waals surface area contributed by atoms with E-state index >= 15 is 0 Å². The molecule has 1 aliphatic carbocycles. The fraction of sp³-hybridized carbons (Fsp3) is 0.773. The van der Waals surface area contributed by atoms with Crippen molar-refractivity contribution in [2.45, 2.75) is 63.3 Å². The zero-order valence-corrected chi connectivity index (χ0v) is 16.9. The first-order chi connectivity index (χ1) is 13.8. The average Bonchev–Trinajstić information content (AvgIpc) is 3.48. The Morgan fingerprint density at radius 3 is 2.43 bits per heavy atom. The number of likely N-dealkylation sites (tertiary alicyclic amines) is 2. The van der Waals surface area contributed by atoms with Gasteiger partial charge in [0.1, 0.15) is 12.1 Å². The number of piperidine rings is 2. The first-order valence-electron chi connectivity index (χ1n) is 11.4. The van der Waals surface area contributed by atoms with Gasteiger partial charge in [-0.3, -0.25) is 9.69 Å². The summed E-state index contributed by atoms with van der Waals surface area (Å²) in [4.78, 5) is 29.0. The lowest BCUT2D eigenvalue weighted by molar-refractivity contribution is -0.136. The molecule has 6 nitrogen and oxygen atoms in total. The molecule has 6 heteroatoms. The highest BCUT2D eigenvalue weighted by Gasteiger charge is 2.34. The number of carbonyl (C=O) groups excluding carboxylic acids is 1. The van der Waals surface area contributed by atoms with Gasteiger partial charge >= 0.3 is 0 Å². The molecule has 0 spiro atoms. The summed E-state index contributed by atoms with van der Waals surface area (Å²) in [7, 11) is 0. The van der Waals surface area contributed by atoms with E-state index in [0.717, 1.165) is 51.5 Å². The average molecular weight is 384 g/mol. The van der Waals surface area contributed by atoms with Crippen molar-refractivity contribution in [3.05, 3.63) is 18.1 Å². The quantitative estimate of drug-likeness (QED) is 0.800. The topological polar surface area (TPSA) is 52.6 Å². The third-order valence-electron chi connectivity index (χ3n) is 7.19. The van der Waals surface area contributed by atoms with E-state index in [-0.39, 0.29) is 5.92 Å². The van der Waals surface area contributed by atoms with Crippen LogP contribution in [0.5, 0.6) is 0 Å². The zero-order valence-electron chi connectivity index (χ0n) is 16.9. The van der Waals surface area contributed by atoms with Crippen molar-refractivity contribution in [2.75, 3.05) is 44.2 Å². The summed E-state index contributed by atoms with van der Waals surface area (Å²) in [5, 5.41) is 0. The summed E-state index contributed by atoms with van der Waals surface area (Å²) in [6.45, 7) is 6.22. The van der Waals surface area contributed by atoms with Crippen molar-refractivity contribution in [2.24, 2.45) is 5.92 Å². The van der Waals surface area contributed by atoms with Gasteiger partial charge in [-0.1, -0.05) is 0 Å². The molecule has 3 aliphatic heterocycles. The minimum Gasteiger partial charge on any atom is -0.356 e. The van der Waals surface area contributed by atoms with Crippen molar-refractivity contribution < 1.29 is 4.79 Å². The second-order valence-electron chi connectivity index (χ2n) is 9.16. The van der Waals surface area contributed by atoms with Crippen molar-refractivity contribution in [1.82, 2.24) is 19.8 Å². The van der Waals surface area contributed by atoms with Crippen LogP contribution in [0.1, 0.15) is 63.0 Å². The van der Waals surface area contributed by atoms with Crippen LogP contribution in [-0.4, -0.2) is 71.0 Å². The van der Waals surface area contributed by atoms with E-state index in [2.05, 4.69) is 30.7 Å². The summed E-state index contributed by atoms with van der Waals surface area (Å²) >= 11 is 0. The van der Waals surface area contributed by atoms with Gasteiger partial charge in [0.15, 0.2) is 0 Å². The Balaban J connectivity index is 1.16. The molecule has 0 N–H and O–H groups in total. The Labute approximate surface area is 168 Å². The molecule has 1 atom stereocenters. The Hall–Kier alpha value is -1.69. The zero-order chi connectivity index (χ0) is 18.9. The van der Waals surface area contributed by atoms with Crippen molar-refractivity contribution >= 4 is 11.7 Å². The molecule has 1 aromatic heterocycles. The van der Waals surface area contributed by atoms with E-state index in [1.54, 1.807) is 6.33 Å². The molecule has 5 rings (SSSR count). The highest BCUT2D eigenvalue weighted by atomic mass is 16.2. The molecule has 0 aromatic carbocycles. The normalized spacial score (nSPS) is 27.4. The van der Waals surface area contributed by atoms with Gasteiger partial charge in [-0.2, -0.15) is 0 Å². The van der Waals surface area contributed by atoms with Gasteiger partial charge in [0.05, 0.1) is 5.92 Å². The van der Waals surface area contributed by atoms with E-state index in [4.69, 9.17) is 0 Å². The Morgan fingerprint density at radius 1 is 0.893 bits per heavy atom. The van der Waals surface area contributed by atoms with E-state index in [1.807, 2.05) is 0 Å². The number of nitrogens with zero attached hydrogens (tertiary/aromatic N) is 5. The van der Waals surface area contributed by atoms with Crippen molar-refractivity contribution in [1.29, 1.82) is 0 Å². The molecule has 1 saturated carbocycles. The summed E-state index contributed by atoms with van der Waals surface area (Å²) in [5.74, 6) is 2.44. The van der Waals surface area contributed by atoms with Gasteiger partial charge in [-0.05, 0) is 57.9 Å². The number of amides is 1. The minimum atomic E-state index is 0.229. The van der Waals surface area contributed by atoms with E-state index in [0.29, 0.717) is 17.9 Å². The van der Waals surface area contributed by atoms with Crippen LogP contribution < -0.4 is 4.90 Å². The Morgan fingerprint density at radius 2 is 1.68 bits per heavy atom. The molecule has 1 amide bonds. The largest absolute Gasteiger partial charge is 0.356 e. The maximum absolute atomic E-state index is 12.8. The predicted octanol–water partition coefficient (Wildman–Crippen LogP) is 2.66. The van der Waals surface area contributed by atoms with Crippen molar-refractivity contribution in [3.8, 4) is 0 Å². The first-order valence-corrected chi connectivity index (χ1v) is 11.4. The van der Waals surface area contributed by atoms with Crippen LogP contribution in [0.2, 0.25) is 0 Å². The molecule has 0 radical (unpaired) electrons. The SMILES string of the molecule is O=C([C@H]1CCCN(C2CCN(c3cc(C4CC4)ncn3)CC2)C1)N1CCCC1. The van der Waals surface area contributed by atoms with Gasteiger partial charge in [0, 0.05) is 56.4 Å². The minimum absolute atomic E-state index is 0.229. The molecule has 3 saturated heterocycles. The number of rotatable bonds is 4. The van der Waals surface area contributed by atoms with Crippen LogP contribution >= 0.6 is 0 Å². The Kier molecular flexibility index (Phi) is 5.22. The van der Waals surface area contributed by atoms with Crippen LogP contribution in [0, 0.1) is 5.92 Å². The molecule has 4 aliphatic rings. The molecular weight excluding hydrogens is 350 g/mol. The van der Waals surface area contributed by atoms with Gasteiger partial charge in [0.2, 0.25) is 5.91 Å². The van der Waals surface area contributed by atoms with Crippen LogP contribution in [0.15, 0.2) is 12.4 Å². The smallest absolute Gasteiger partial charge is 0.226 e.